The summed E-state index contributed by atoms with van der Waals surface area (Å²) < 4.78 is 32.7. The van der Waals surface area contributed by atoms with Crippen LogP contribution < -0.4 is 14.2 Å². The number of carbonyl (C=O) groups excluding carboxylic acids is 1. The van der Waals surface area contributed by atoms with Crippen LogP contribution in [0.4, 0.5) is 9.18 Å². The Balaban J connectivity index is 1.82. The molecule has 0 aliphatic rings. The molecule has 1 aromatic heterocycles. The van der Waals surface area contributed by atoms with E-state index in [1.807, 2.05) is 50.4 Å². The van der Waals surface area contributed by atoms with Gasteiger partial charge in [0.15, 0.2) is 0 Å². The molecule has 1 heterocycles. The van der Waals surface area contributed by atoms with E-state index in [1.54, 1.807) is 37.3 Å². The molecular formula is C28H28ClFN2O4. The van der Waals surface area contributed by atoms with E-state index in [0.29, 0.717) is 48.0 Å². The Hall–Kier alpha value is -3.71. The van der Waals surface area contributed by atoms with E-state index in [-0.39, 0.29) is 5.02 Å². The van der Waals surface area contributed by atoms with Crippen molar-refractivity contribution < 1.29 is 23.4 Å². The summed E-state index contributed by atoms with van der Waals surface area (Å²) in [7, 11) is 3.23. The van der Waals surface area contributed by atoms with Gasteiger partial charge in [0, 0.05) is 48.4 Å². The fourth-order valence-corrected chi connectivity index (χ4v) is 4.40. The molecule has 6 nitrogen and oxygen atoms in total. The van der Waals surface area contributed by atoms with Crippen molar-refractivity contribution in [2.24, 2.45) is 0 Å². The van der Waals surface area contributed by atoms with E-state index < -0.39 is 11.9 Å². The fraction of sp³-hybridized carbons (Fsp3) is 0.250. The van der Waals surface area contributed by atoms with E-state index in [1.165, 1.54) is 6.07 Å². The van der Waals surface area contributed by atoms with Crippen LogP contribution >= 0.6 is 11.6 Å². The molecular weight excluding hydrogens is 483 g/mol. The van der Waals surface area contributed by atoms with Crippen LogP contribution in [0, 0.1) is 5.82 Å². The minimum atomic E-state index is -0.515. The number of hydrogen-bond donors (Lipinski definition) is 0. The molecule has 4 rings (SSSR count). The second kappa shape index (κ2) is 10.9. The molecule has 0 radical (unpaired) electrons. The monoisotopic (exact) mass is 510 g/mol. The molecule has 1 amide bonds. The zero-order chi connectivity index (χ0) is 25.8. The molecule has 0 bridgehead atoms. The minimum absolute atomic E-state index is 0.00608. The number of ether oxygens (including phenoxy) is 3. The summed E-state index contributed by atoms with van der Waals surface area (Å²) in [6.45, 7) is 5.38. The third-order valence-electron chi connectivity index (χ3n) is 6.11. The van der Waals surface area contributed by atoms with Gasteiger partial charge in [0.25, 0.3) is 0 Å². The second-order valence-electron chi connectivity index (χ2n) is 8.21. The van der Waals surface area contributed by atoms with Crippen molar-refractivity contribution in [1.82, 2.24) is 9.47 Å². The van der Waals surface area contributed by atoms with Crippen molar-refractivity contribution in [2.75, 3.05) is 27.3 Å². The lowest BCUT2D eigenvalue weighted by molar-refractivity contribution is 0.157. The van der Waals surface area contributed by atoms with Crippen molar-refractivity contribution in [2.45, 2.75) is 20.4 Å². The first-order valence-corrected chi connectivity index (χ1v) is 12.0. The average Bonchev–Trinajstić information content (AvgIpc) is 3.28. The van der Waals surface area contributed by atoms with Gasteiger partial charge >= 0.3 is 6.09 Å². The lowest BCUT2D eigenvalue weighted by atomic mass is 10.0. The predicted octanol–water partition coefficient (Wildman–Crippen LogP) is 7.01. The molecule has 0 spiro atoms. The summed E-state index contributed by atoms with van der Waals surface area (Å²) in [6.07, 6.45) is 1.51. The number of rotatable bonds is 8. The highest BCUT2D eigenvalue weighted by Crippen LogP contribution is 2.39. The third-order valence-corrected chi connectivity index (χ3v) is 6.40. The molecule has 0 saturated heterocycles. The molecule has 4 aromatic rings. The van der Waals surface area contributed by atoms with Crippen molar-refractivity contribution in [3.8, 4) is 28.4 Å². The van der Waals surface area contributed by atoms with Crippen molar-refractivity contribution >= 4 is 28.6 Å². The van der Waals surface area contributed by atoms with Crippen LogP contribution in [0.25, 0.3) is 22.0 Å². The van der Waals surface area contributed by atoms with E-state index >= 15 is 0 Å². The molecule has 0 atom stereocenters. The number of carbonyl (C=O) groups is 1. The number of benzene rings is 3. The van der Waals surface area contributed by atoms with Crippen molar-refractivity contribution in [3.05, 3.63) is 77.2 Å². The SMILES string of the molecule is CCN(CC)C(=O)Oc1ccc2c(ccn2Cc2cc(OC)cc(OC)c2)c1-c1ccc(F)c(Cl)c1. The summed E-state index contributed by atoms with van der Waals surface area (Å²) in [5.41, 5.74) is 3.22. The molecule has 0 aliphatic heterocycles. The Morgan fingerprint density at radius 1 is 0.972 bits per heavy atom. The van der Waals surface area contributed by atoms with Gasteiger partial charge in [-0.25, -0.2) is 9.18 Å². The molecule has 0 aliphatic carbocycles. The van der Waals surface area contributed by atoms with Crippen LogP contribution in [0.1, 0.15) is 19.4 Å². The smallest absolute Gasteiger partial charge is 0.415 e. The zero-order valence-electron chi connectivity index (χ0n) is 20.7. The number of hydrogen-bond acceptors (Lipinski definition) is 4. The fourth-order valence-electron chi connectivity index (χ4n) is 4.22. The number of aromatic nitrogens is 1. The van der Waals surface area contributed by atoms with E-state index in [9.17, 15) is 9.18 Å². The summed E-state index contributed by atoms with van der Waals surface area (Å²) in [4.78, 5) is 14.4. The van der Waals surface area contributed by atoms with Crippen molar-refractivity contribution in [3.63, 3.8) is 0 Å². The Morgan fingerprint density at radius 3 is 2.28 bits per heavy atom. The van der Waals surface area contributed by atoms with Gasteiger partial charge in [0.2, 0.25) is 0 Å². The second-order valence-corrected chi connectivity index (χ2v) is 8.61. The maximum Gasteiger partial charge on any atom is 0.415 e. The summed E-state index contributed by atoms with van der Waals surface area (Å²) in [5.74, 6) is 1.27. The average molecular weight is 511 g/mol. The molecule has 3 aromatic carbocycles. The zero-order valence-corrected chi connectivity index (χ0v) is 21.4. The van der Waals surface area contributed by atoms with Crippen LogP contribution in [0.15, 0.2) is 60.8 Å². The first-order chi connectivity index (χ1) is 17.4. The van der Waals surface area contributed by atoms with Gasteiger partial charge in [-0.15, -0.1) is 0 Å². The summed E-state index contributed by atoms with van der Waals surface area (Å²) >= 11 is 6.12. The maximum absolute atomic E-state index is 14.0. The van der Waals surface area contributed by atoms with Gasteiger partial charge in [0.05, 0.1) is 19.2 Å². The van der Waals surface area contributed by atoms with E-state index in [4.69, 9.17) is 25.8 Å². The van der Waals surface area contributed by atoms with Gasteiger partial charge in [-0.3, -0.25) is 0 Å². The van der Waals surface area contributed by atoms with Gasteiger partial charge < -0.3 is 23.7 Å². The Kier molecular flexibility index (Phi) is 7.70. The summed E-state index contributed by atoms with van der Waals surface area (Å²) in [5, 5.41) is 0.839. The molecule has 0 unspecified atom stereocenters. The van der Waals surface area contributed by atoms with Gasteiger partial charge in [-0.1, -0.05) is 17.7 Å². The molecule has 0 N–H and O–H groups in total. The lowest BCUT2D eigenvalue weighted by Gasteiger charge is -2.20. The highest BCUT2D eigenvalue weighted by atomic mass is 35.5. The Morgan fingerprint density at radius 2 is 1.67 bits per heavy atom. The third kappa shape index (κ3) is 5.11. The van der Waals surface area contributed by atoms with E-state index in [2.05, 4.69) is 4.57 Å². The topological polar surface area (TPSA) is 52.9 Å². The molecule has 188 valence electrons. The van der Waals surface area contributed by atoms with Crippen LogP contribution in [0.2, 0.25) is 5.02 Å². The highest BCUT2D eigenvalue weighted by molar-refractivity contribution is 6.31. The number of nitrogens with zero attached hydrogens (tertiary/aromatic N) is 2. The molecule has 8 heteroatoms. The number of amides is 1. The Bertz CT molecular complexity index is 1380. The van der Waals surface area contributed by atoms with Crippen LogP contribution in [-0.4, -0.2) is 42.9 Å². The van der Waals surface area contributed by atoms with Crippen LogP contribution in [0.3, 0.4) is 0 Å². The first kappa shape index (κ1) is 25.4. The maximum atomic E-state index is 14.0. The number of halogens is 2. The standard InChI is InChI=1S/C28H28ClFN2O4/c1-5-31(6-2)28(33)36-26-10-9-25-22(27(26)19-7-8-24(30)23(29)15-19)11-12-32(25)17-18-13-20(34-3)16-21(14-18)35-4/h7-16H,5-6,17H2,1-4H3. The molecule has 36 heavy (non-hydrogen) atoms. The predicted molar refractivity (Wildman–Crippen MR) is 140 cm³/mol. The van der Waals surface area contributed by atoms with Gasteiger partial charge in [-0.05, 0) is 67.4 Å². The molecule has 0 saturated carbocycles. The highest BCUT2D eigenvalue weighted by Gasteiger charge is 2.20. The number of methoxy groups -OCH3 is 2. The minimum Gasteiger partial charge on any atom is -0.497 e. The van der Waals surface area contributed by atoms with Crippen molar-refractivity contribution in [1.29, 1.82) is 0 Å². The molecule has 0 fully saturated rings. The number of fused-ring (bicyclic) bond motifs is 1. The normalized spacial score (nSPS) is 10.9. The largest absolute Gasteiger partial charge is 0.497 e. The van der Waals surface area contributed by atoms with Crippen LogP contribution in [-0.2, 0) is 6.54 Å². The quantitative estimate of drug-likeness (QED) is 0.256. The first-order valence-electron chi connectivity index (χ1n) is 11.6. The lowest BCUT2D eigenvalue weighted by Crippen LogP contribution is -2.33. The van der Waals surface area contributed by atoms with Gasteiger partial charge in [-0.2, -0.15) is 0 Å². The van der Waals surface area contributed by atoms with Gasteiger partial charge in [0.1, 0.15) is 23.1 Å². The Labute approximate surface area is 214 Å². The van der Waals surface area contributed by atoms with Crippen LogP contribution in [0.5, 0.6) is 17.2 Å². The summed E-state index contributed by atoms with van der Waals surface area (Å²) in [6, 6.07) is 15.8. The van der Waals surface area contributed by atoms with E-state index in [0.717, 1.165) is 16.5 Å².